The first kappa shape index (κ1) is 19.1. The Balaban J connectivity index is 2.90. The third kappa shape index (κ3) is 5.71. The van der Waals surface area contributed by atoms with E-state index >= 15 is 0 Å². The van der Waals surface area contributed by atoms with Crippen molar-refractivity contribution < 1.29 is 28.7 Å². The van der Waals surface area contributed by atoms with Gasteiger partial charge >= 0.3 is 11.9 Å². The molecule has 1 aromatic rings. The van der Waals surface area contributed by atoms with Gasteiger partial charge in [-0.25, -0.2) is 9.59 Å². The molecule has 0 unspecified atom stereocenters. The van der Waals surface area contributed by atoms with E-state index in [0.29, 0.717) is 5.56 Å². The molecule has 24 heavy (non-hydrogen) atoms. The summed E-state index contributed by atoms with van der Waals surface area (Å²) in [5, 5.41) is 10.6. The van der Waals surface area contributed by atoms with E-state index in [1.165, 1.54) is 25.1 Å². The number of rotatable bonds is 8. The first-order chi connectivity index (χ1) is 11.4. The van der Waals surface area contributed by atoms with Crippen molar-refractivity contribution >= 4 is 18.0 Å². The highest BCUT2D eigenvalue weighted by atomic mass is 16.6. The summed E-state index contributed by atoms with van der Waals surface area (Å²) in [6, 6.07) is 6.11. The van der Waals surface area contributed by atoms with Crippen LogP contribution in [0.15, 0.2) is 30.0 Å². The molecule has 1 rings (SSSR count). The Hall–Kier alpha value is -2.90. The van der Waals surface area contributed by atoms with Gasteiger partial charge in [0.1, 0.15) is 5.75 Å². The van der Waals surface area contributed by atoms with Gasteiger partial charge in [-0.05, 0) is 31.5 Å². The number of allylic oxidation sites excluding steroid dienone is 1. The Morgan fingerprint density at radius 3 is 2.04 bits per heavy atom. The summed E-state index contributed by atoms with van der Waals surface area (Å²) in [6.45, 7) is 4.80. The molecule has 8 nitrogen and oxygen atoms in total. The van der Waals surface area contributed by atoms with Gasteiger partial charge in [0.15, 0.2) is 0 Å². The summed E-state index contributed by atoms with van der Waals surface area (Å²) in [6.07, 6.45) is -0.135. The lowest BCUT2D eigenvalue weighted by atomic mass is 10.2. The van der Waals surface area contributed by atoms with Crippen LogP contribution in [-0.2, 0) is 19.1 Å². The van der Waals surface area contributed by atoms with Crippen LogP contribution in [0.3, 0.4) is 0 Å². The molecule has 0 saturated heterocycles. The molecule has 130 valence electrons. The monoisotopic (exact) mass is 337 g/mol. The molecule has 1 aromatic carbocycles. The van der Waals surface area contributed by atoms with E-state index < -0.39 is 23.0 Å². The molecule has 0 spiro atoms. The van der Waals surface area contributed by atoms with E-state index in [2.05, 4.69) is 0 Å². The number of hydrogen-bond donors (Lipinski definition) is 0. The van der Waals surface area contributed by atoms with Crippen molar-refractivity contribution in [2.24, 2.45) is 0 Å². The van der Waals surface area contributed by atoms with Gasteiger partial charge in [0.05, 0.1) is 18.1 Å². The molecule has 0 aliphatic carbocycles. The van der Waals surface area contributed by atoms with E-state index in [4.69, 9.17) is 14.2 Å². The quantitative estimate of drug-likeness (QED) is 0.310. The van der Waals surface area contributed by atoms with Crippen molar-refractivity contribution in [1.82, 2.24) is 0 Å². The largest absolute Gasteiger partial charge is 0.467 e. The van der Waals surface area contributed by atoms with Crippen molar-refractivity contribution in [3.05, 3.63) is 45.6 Å². The van der Waals surface area contributed by atoms with E-state index in [-0.39, 0.29) is 24.7 Å². The summed E-state index contributed by atoms with van der Waals surface area (Å²) in [4.78, 5) is 33.7. The molecule has 0 heterocycles. The zero-order valence-electron chi connectivity index (χ0n) is 13.7. The fraction of sp³-hybridized carbons (Fsp3) is 0.375. The molecule has 0 saturated carbocycles. The highest BCUT2D eigenvalue weighted by Gasteiger charge is 2.31. The van der Waals surface area contributed by atoms with Crippen LogP contribution in [0.25, 0.3) is 6.08 Å². The number of hydrogen-bond acceptors (Lipinski definition) is 7. The number of nitrogens with zero attached hydrogens (tertiary/aromatic N) is 1. The molecule has 0 aromatic heterocycles. The van der Waals surface area contributed by atoms with Crippen LogP contribution in [0, 0.1) is 10.1 Å². The molecule has 8 heteroatoms. The van der Waals surface area contributed by atoms with Crippen molar-refractivity contribution in [3.63, 3.8) is 0 Å². The molecule has 0 atom stereocenters. The van der Waals surface area contributed by atoms with Crippen LogP contribution in [0.5, 0.6) is 5.75 Å². The van der Waals surface area contributed by atoms with Crippen molar-refractivity contribution in [1.29, 1.82) is 0 Å². The second-order valence-electron chi connectivity index (χ2n) is 4.61. The first-order valence-corrected chi connectivity index (χ1v) is 7.31. The SMILES string of the molecule is CCOC(=O)C(Oc1ccc(C=C(C)[N+](=O)[O-])cc1)C(=O)OCC. The van der Waals surface area contributed by atoms with Crippen LogP contribution >= 0.6 is 0 Å². The minimum absolute atomic E-state index is 0.0143. The number of nitro groups is 1. The average Bonchev–Trinajstić information content (AvgIpc) is 2.54. The molecular weight excluding hydrogens is 318 g/mol. The van der Waals surface area contributed by atoms with Gasteiger partial charge in [0.2, 0.25) is 5.70 Å². The zero-order chi connectivity index (χ0) is 18.1. The summed E-state index contributed by atoms with van der Waals surface area (Å²) < 4.78 is 14.9. The van der Waals surface area contributed by atoms with E-state index in [1.54, 1.807) is 26.0 Å². The third-order valence-corrected chi connectivity index (χ3v) is 2.80. The third-order valence-electron chi connectivity index (χ3n) is 2.80. The number of carbonyl (C=O) groups excluding carboxylic acids is 2. The first-order valence-electron chi connectivity index (χ1n) is 7.31. The molecule has 0 N–H and O–H groups in total. The smallest absolute Gasteiger partial charge is 0.359 e. The summed E-state index contributed by atoms with van der Waals surface area (Å²) in [5.74, 6) is -1.45. The number of esters is 2. The van der Waals surface area contributed by atoms with Crippen LogP contribution in [0.4, 0.5) is 0 Å². The van der Waals surface area contributed by atoms with Gasteiger partial charge in [-0.1, -0.05) is 12.1 Å². The number of ether oxygens (including phenoxy) is 3. The van der Waals surface area contributed by atoms with Crippen LogP contribution in [-0.4, -0.2) is 36.2 Å². The molecule has 0 radical (unpaired) electrons. The number of benzene rings is 1. The topological polar surface area (TPSA) is 105 Å². The molecule has 0 bridgehead atoms. The lowest BCUT2D eigenvalue weighted by Crippen LogP contribution is -2.38. The second-order valence-corrected chi connectivity index (χ2v) is 4.61. The predicted octanol–water partition coefficient (Wildman–Crippen LogP) is 2.20. The van der Waals surface area contributed by atoms with Crippen LogP contribution in [0.2, 0.25) is 0 Å². The fourth-order valence-corrected chi connectivity index (χ4v) is 1.70. The fourth-order valence-electron chi connectivity index (χ4n) is 1.70. The Labute approximate surface area is 139 Å². The maximum absolute atomic E-state index is 11.8. The van der Waals surface area contributed by atoms with Crippen LogP contribution < -0.4 is 4.74 Å². The van der Waals surface area contributed by atoms with Crippen LogP contribution in [0.1, 0.15) is 26.3 Å². The Kier molecular flexibility index (Phi) is 7.41. The summed E-state index contributed by atoms with van der Waals surface area (Å²) in [7, 11) is 0. The molecule has 0 amide bonds. The Bertz CT molecular complexity index is 604. The van der Waals surface area contributed by atoms with Crippen molar-refractivity contribution in [2.45, 2.75) is 26.9 Å². The minimum atomic E-state index is -1.52. The van der Waals surface area contributed by atoms with Crippen molar-refractivity contribution in [2.75, 3.05) is 13.2 Å². The Morgan fingerprint density at radius 1 is 1.12 bits per heavy atom. The van der Waals surface area contributed by atoms with E-state index in [9.17, 15) is 19.7 Å². The van der Waals surface area contributed by atoms with Gasteiger partial charge in [-0.3, -0.25) is 10.1 Å². The summed E-state index contributed by atoms with van der Waals surface area (Å²) in [5.41, 5.74) is 0.569. The van der Waals surface area contributed by atoms with Gasteiger partial charge in [-0.15, -0.1) is 0 Å². The highest BCUT2D eigenvalue weighted by Crippen LogP contribution is 2.17. The number of carbonyl (C=O) groups is 2. The highest BCUT2D eigenvalue weighted by molar-refractivity contribution is 5.98. The van der Waals surface area contributed by atoms with Gasteiger partial charge in [-0.2, -0.15) is 0 Å². The average molecular weight is 337 g/mol. The predicted molar refractivity (Wildman–Crippen MR) is 84.8 cm³/mol. The normalized spacial score (nSPS) is 11.1. The maximum Gasteiger partial charge on any atom is 0.359 e. The molecule has 0 aliphatic heterocycles. The van der Waals surface area contributed by atoms with Crippen molar-refractivity contribution in [3.8, 4) is 5.75 Å². The maximum atomic E-state index is 11.8. The van der Waals surface area contributed by atoms with Gasteiger partial charge in [0, 0.05) is 13.0 Å². The lowest BCUT2D eigenvalue weighted by Gasteiger charge is -2.16. The molecular formula is C16H19NO7. The second kappa shape index (κ2) is 9.29. The summed E-state index contributed by atoms with van der Waals surface area (Å²) >= 11 is 0. The molecule has 0 aliphatic rings. The molecule has 0 fully saturated rings. The van der Waals surface area contributed by atoms with Gasteiger partial charge in [0.25, 0.3) is 6.10 Å². The Morgan fingerprint density at radius 2 is 1.62 bits per heavy atom. The zero-order valence-corrected chi connectivity index (χ0v) is 13.7. The standard InChI is InChI=1S/C16H19NO7/c1-4-22-15(18)14(16(19)23-5-2)24-13-8-6-12(7-9-13)10-11(3)17(20)21/h6-10,14H,4-5H2,1-3H3. The van der Waals surface area contributed by atoms with E-state index in [0.717, 1.165) is 0 Å². The van der Waals surface area contributed by atoms with Gasteiger partial charge < -0.3 is 14.2 Å². The van der Waals surface area contributed by atoms with E-state index in [1.807, 2.05) is 0 Å². The minimum Gasteiger partial charge on any atom is -0.467 e. The lowest BCUT2D eigenvalue weighted by molar-refractivity contribution is -0.422.